The van der Waals surface area contributed by atoms with Crippen molar-refractivity contribution in [2.45, 2.75) is 36.7 Å². The number of aromatic nitrogens is 3. The molecule has 2 heterocycles. The Labute approximate surface area is 184 Å². The van der Waals surface area contributed by atoms with Crippen molar-refractivity contribution in [2.24, 2.45) is 0 Å². The number of carbonyl (C=O) groups is 1. The lowest BCUT2D eigenvalue weighted by molar-refractivity contribution is -0.116. The van der Waals surface area contributed by atoms with Gasteiger partial charge in [0.05, 0.1) is 18.2 Å². The zero-order valence-corrected chi connectivity index (χ0v) is 18.4. The highest BCUT2D eigenvalue weighted by Crippen LogP contribution is 2.39. The summed E-state index contributed by atoms with van der Waals surface area (Å²) in [7, 11) is 1.57. The Morgan fingerprint density at radius 3 is 2.83 bits per heavy atom. The SMILES string of the molecule is CCc1ccccc1NC(=O)[C@@H]1Sc2nnc(C)n2N[C@H]1c1ccc(OC)c(Cl)c1. The molecule has 0 bridgehead atoms. The van der Waals surface area contributed by atoms with E-state index in [1.807, 2.05) is 43.3 Å². The predicted molar refractivity (Wildman–Crippen MR) is 119 cm³/mol. The molecule has 2 aromatic carbocycles. The second-order valence-corrected chi connectivity index (χ2v) is 8.42. The van der Waals surface area contributed by atoms with Crippen LogP contribution in [0.1, 0.15) is 29.9 Å². The lowest BCUT2D eigenvalue weighted by Crippen LogP contribution is -2.41. The first-order valence-electron chi connectivity index (χ1n) is 9.59. The molecule has 0 unspecified atom stereocenters. The van der Waals surface area contributed by atoms with Crippen LogP contribution in [-0.2, 0) is 11.2 Å². The van der Waals surface area contributed by atoms with Crippen LogP contribution in [0.15, 0.2) is 47.6 Å². The molecule has 7 nitrogen and oxygen atoms in total. The van der Waals surface area contributed by atoms with Crippen molar-refractivity contribution in [3.8, 4) is 5.75 Å². The van der Waals surface area contributed by atoms with Gasteiger partial charge in [0.15, 0.2) is 0 Å². The molecule has 1 aliphatic heterocycles. The fourth-order valence-electron chi connectivity index (χ4n) is 3.44. The first kappa shape index (κ1) is 20.6. The van der Waals surface area contributed by atoms with Gasteiger partial charge in [0, 0.05) is 5.69 Å². The molecule has 1 amide bonds. The van der Waals surface area contributed by atoms with Crippen LogP contribution in [0.25, 0.3) is 0 Å². The molecule has 0 aliphatic carbocycles. The third-order valence-electron chi connectivity index (χ3n) is 5.05. The standard InChI is InChI=1S/C21H22ClN5O2S/c1-4-13-7-5-6-8-16(13)23-20(28)19-18(14-9-10-17(29-3)15(22)11-14)26-27-12(2)24-25-21(27)30-19/h5-11,18-19,26H,4H2,1-3H3,(H,23,28)/t18-,19+/m0/s1. The number of methoxy groups -OCH3 is 1. The van der Waals surface area contributed by atoms with Crippen LogP contribution in [-0.4, -0.2) is 33.1 Å². The van der Waals surface area contributed by atoms with E-state index in [-0.39, 0.29) is 11.9 Å². The van der Waals surface area contributed by atoms with Crippen molar-refractivity contribution in [2.75, 3.05) is 17.9 Å². The van der Waals surface area contributed by atoms with Gasteiger partial charge in [-0.05, 0) is 42.7 Å². The van der Waals surface area contributed by atoms with E-state index in [4.69, 9.17) is 16.3 Å². The molecule has 0 saturated heterocycles. The smallest absolute Gasteiger partial charge is 0.240 e. The molecule has 4 rings (SSSR count). The second-order valence-electron chi connectivity index (χ2n) is 6.90. The van der Waals surface area contributed by atoms with Gasteiger partial charge in [-0.2, -0.15) is 0 Å². The Kier molecular flexibility index (Phi) is 5.87. The Morgan fingerprint density at radius 2 is 2.10 bits per heavy atom. The normalized spacial score (nSPS) is 17.7. The summed E-state index contributed by atoms with van der Waals surface area (Å²) < 4.78 is 7.07. The van der Waals surface area contributed by atoms with Crippen LogP contribution in [0, 0.1) is 6.92 Å². The molecule has 9 heteroatoms. The van der Waals surface area contributed by atoms with Crippen molar-refractivity contribution >= 4 is 35.0 Å². The van der Waals surface area contributed by atoms with E-state index in [9.17, 15) is 4.79 Å². The molecular formula is C21H22ClN5O2S. The van der Waals surface area contributed by atoms with Gasteiger partial charge < -0.3 is 15.5 Å². The fourth-order valence-corrected chi connectivity index (χ4v) is 4.83. The van der Waals surface area contributed by atoms with Gasteiger partial charge in [-0.3, -0.25) is 4.79 Å². The van der Waals surface area contributed by atoms with E-state index in [1.165, 1.54) is 11.8 Å². The van der Waals surface area contributed by atoms with Gasteiger partial charge in [-0.25, -0.2) is 4.68 Å². The van der Waals surface area contributed by atoms with Crippen LogP contribution >= 0.6 is 23.4 Å². The second kappa shape index (κ2) is 8.57. The monoisotopic (exact) mass is 443 g/mol. The van der Waals surface area contributed by atoms with E-state index in [0.717, 1.165) is 29.1 Å². The van der Waals surface area contributed by atoms with E-state index in [2.05, 4.69) is 27.9 Å². The molecule has 3 aromatic rings. The number of ether oxygens (including phenoxy) is 1. The van der Waals surface area contributed by atoms with Gasteiger partial charge in [0.2, 0.25) is 11.1 Å². The van der Waals surface area contributed by atoms with E-state index < -0.39 is 5.25 Å². The molecule has 0 saturated carbocycles. The topological polar surface area (TPSA) is 81.1 Å². The molecule has 1 aliphatic rings. The molecule has 0 radical (unpaired) electrons. The lowest BCUT2D eigenvalue weighted by Gasteiger charge is -2.33. The van der Waals surface area contributed by atoms with Crippen LogP contribution in [0.3, 0.4) is 0 Å². The third kappa shape index (κ3) is 3.85. The number of amides is 1. The van der Waals surface area contributed by atoms with Crippen LogP contribution in [0.5, 0.6) is 5.75 Å². The highest BCUT2D eigenvalue weighted by atomic mass is 35.5. The molecular weight excluding hydrogens is 422 g/mol. The number of fused-ring (bicyclic) bond motifs is 1. The average Bonchev–Trinajstić information content (AvgIpc) is 3.13. The Morgan fingerprint density at radius 1 is 1.30 bits per heavy atom. The summed E-state index contributed by atoms with van der Waals surface area (Å²) in [6, 6.07) is 13.0. The number of hydrogen-bond donors (Lipinski definition) is 2. The highest BCUT2D eigenvalue weighted by molar-refractivity contribution is 8.00. The number of hydrogen-bond acceptors (Lipinski definition) is 6. The summed E-state index contributed by atoms with van der Waals surface area (Å²) in [5.74, 6) is 1.19. The summed E-state index contributed by atoms with van der Waals surface area (Å²) >= 11 is 7.74. The molecule has 1 aromatic heterocycles. The number of thioether (sulfide) groups is 1. The maximum Gasteiger partial charge on any atom is 0.240 e. The maximum absolute atomic E-state index is 13.4. The van der Waals surface area contributed by atoms with Crippen LogP contribution in [0.2, 0.25) is 5.02 Å². The zero-order chi connectivity index (χ0) is 21.3. The van der Waals surface area contributed by atoms with Crippen molar-refractivity contribution in [1.82, 2.24) is 14.9 Å². The van der Waals surface area contributed by atoms with Crippen molar-refractivity contribution in [3.63, 3.8) is 0 Å². The molecule has 156 valence electrons. The lowest BCUT2D eigenvalue weighted by atomic mass is 10.0. The van der Waals surface area contributed by atoms with Crippen molar-refractivity contribution in [1.29, 1.82) is 0 Å². The molecule has 2 atom stereocenters. The minimum atomic E-state index is -0.476. The number of rotatable bonds is 5. The van der Waals surface area contributed by atoms with Gasteiger partial charge in [0.25, 0.3) is 0 Å². The average molecular weight is 444 g/mol. The van der Waals surface area contributed by atoms with Crippen LogP contribution in [0.4, 0.5) is 5.69 Å². The first-order valence-corrected chi connectivity index (χ1v) is 10.8. The number of aryl methyl sites for hydroxylation is 2. The summed E-state index contributed by atoms with van der Waals surface area (Å²) in [4.78, 5) is 13.4. The highest BCUT2D eigenvalue weighted by Gasteiger charge is 2.37. The minimum Gasteiger partial charge on any atom is -0.495 e. The van der Waals surface area contributed by atoms with Gasteiger partial charge >= 0.3 is 0 Å². The summed E-state index contributed by atoms with van der Waals surface area (Å²) in [6.45, 7) is 3.93. The molecule has 0 fully saturated rings. The number of anilines is 1. The Balaban J connectivity index is 1.69. The zero-order valence-electron chi connectivity index (χ0n) is 16.8. The quantitative estimate of drug-likeness (QED) is 0.614. The van der Waals surface area contributed by atoms with E-state index >= 15 is 0 Å². The first-order chi connectivity index (χ1) is 14.5. The Hall–Kier alpha value is -2.71. The molecule has 30 heavy (non-hydrogen) atoms. The van der Waals surface area contributed by atoms with Crippen molar-refractivity contribution in [3.05, 3.63) is 64.4 Å². The minimum absolute atomic E-state index is 0.114. The van der Waals surface area contributed by atoms with Gasteiger partial charge in [0.1, 0.15) is 16.8 Å². The van der Waals surface area contributed by atoms with E-state index in [1.54, 1.807) is 17.9 Å². The number of benzene rings is 2. The van der Waals surface area contributed by atoms with Gasteiger partial charge in [-0.1, -0.05) is 54.6 Å². The van der Waals surface area contributed by atoms with Crippen LogP contribution < -0.4 is 15.5 Å². The Bertz CT molecular complexity index is 1090. The number of nitrogens with zero attached hydrogens (tertiary/aromatic N) is 3. The number of carbonyl (C=O) groups excluding carboxylic acids is 1. The van der Waals surface area contributed by atoms with E-state index in [0.29, 0.717) is 15.9 Å². The van der Waals surface area contributed by atoms with Crippen molar-refractivity contribution < 1.29 is 9.53 Å². The predicted octanol–water partition coefficient (Wildman–Crippen LogP) is 4.21. The summed E-state index contributed by atoms with van der Waals surface area (Å²) in [5.41, 5.74) is 6.16. The summed E-state index contributed by atoms with van der Waals surface area (Å²) in [6.07, 6.45) is 0.831. The molecule has 2 N–H and O–H groups in total. The fraction of sp³-hybridized carbons (Fsp3) is 0.286. The maximum atomic E-state index is 13.4. The molecule has 0 spiro atoms. The number of para-hydroxylation sites is 1. The largest absolute Gasteiger partial charge is 0.495 e. The number of halogens is 1. The van der Waals surface area contributed by atoms with Gasteiger partial charge in [-0.15, -0.1) is 10.2 Å². The third-order valence-corrected chi connectivity index (χ3v) is 6.56. The number of nitrogens with one attached hydrogen (secondary N) is 2. The summed E-state index contributed by atoms with van der Waals surface area (Å²) in [5, 5.41) is 12.1.